The Bertz CT molecular complexity index is 774. The van der Waals surface area contributed by atoms with E-state index in [2.05, 4.69) is 0 Å². The molecule has 0 amide bonds. The highest BCUT2D eigenvalue weighted by Gasteiger charge is 2.15. The number of hydrogen-bond acceptors (Lipinski definition) is 5. The highest BCUT2D eigenvalue weighted by Crippen LogP contribution is 2.13. The molecular formula is C22H30O5S. The van der Waals surface area contributed by atoms with Gasteiger partial charge in [0.2, 0.25) is 0 Å². The minimum atomic E-state index is -3.81. The molecule has 0 saturated heterocycles. The monoisotopic (exact) mass is 406 g/mol. The van der Waals surface area contributed by atoms with Crippen LogP contribution in [0.5, 0.6) is 0 Å². The Morgan fingerprint density at radius 3 is 2.18 bits per heavy atom. The van der Waals surface area contributed by atoms with Gasteiger partial charge in [-0.1, -0.05) is 73.2 Å². The van der Waals surface area contributed by atoms with E-state index in [0.717, 1.165) is 12.0 Å². The minimum Gasteiger partial charge on any atom is -0.389 e. The lowest BCUT2D eigenvalue weighted by atomic mass is 10.2. The largest absolute Gasteiger partial charge is 0.389 e. The molecule has 1 rings (SSSR count). The van der Waals surface area contributed by atoms with Crippen LogP contribution in [0.4, 0.5) is 0 Å². The molecule has 154 valence electrons. The smallest absolute Gasteiger partial charge is 0.296 e. The Morgan fingerprint density at radius 1 is 0.964 bits per heavy atom. The van der Waals surface area contributed by atoms with Gasteiger partial charge in [-0.05, 0) is 31.9 Å². The predicted molar refractivity (Wildman–Crippen MR) is 112 cm³/mol. The topological polar surface area (TPSA) is 83.8 Å². The molecule has 2 N–H and O–H groups in total. The number of aryl methyl sites for hydroxylation is 1. The van der Waals surface area contributed by atoms with E-state index < -0.39 is 22.3 Å². The van der Waals surface area contributed by atoms with Gasteiger partial charge in [0.25, 0.3) is 10.1 Å². The molecule has 0 spiro atoms. The predicted octanol–water partition coefficient (Wildman–Crippen LogP) is 3.84. The molecule has 6 heteroatoms. The molecule has 1 aromatic carbocycles. The van der Waals surface area contributed by atoms with Crippen LogP contribution in [0.25, 0.3) is 0 Å². The van der Waals surface area contributed by atoms with Crippen LogP contribution in [0.3, 0.4) is 0 Å². The second-order valence-corrected chi connectivity index (χ2v) is 7.90. The van der Waals surface area contributed by atoms with Gasteiger partial charge in [-0.2, -0.15) is 8.42 Å². The van der Waals surface area contributed by atoms with E-state index >= 15 is 0 Å². The van der Waals surface area contributed by atoms with Crippen molar-refractivity contribution in [3.05, 3.63) is 78.4 Å². The summed E-state index contributed by atoms with van der Waals surface area (Å²) in [5.74, 6) is 0. The SMILES string of the molecule is CCC=CCC(O)C=CC=CC=CC(O)CCOS(=O)(=O)c1ccc(C)cc1. The van der Waals surface area contributed by atoms with Crippen molar-refractivity contribution in [1.29, 1.82) is 0 Å². The third-order valence-corrected chi connectivity index (χ3v) is 5.07. The molecule has 28 heavy (non-hydrogen) atoms. The van der Waals surface area contributed by atoms with Crippen LogP contribution in [0, 0.1) is 6.92 Å². The first-order valence-corrected chi connectivity index (χ1v) is 10.7. The van der Waals surface area contributed by atoms with Crippen LogP contribution in [0.2, 0.25) is 0 Å². The summed E-state index contributed by atoms with van der Waals surface area (Å²) in [5.41, 5.74) is 0.963. The number of rotatable bonds is 12. The Labute approximate surface area is 168 Å². The molecular weight excluding hydrogens is 376 g/mol. The quantitative estimate of drug-likeness (QED) is 0.313. The Kier molecular flexibility index (Phi) is 11.4. The first-order chi connectivity index (χ1) is 13.3. The Hall–Kier alpha value is -1.99. The van der Waals surface area contributed by atoms with Gasteiger partial charge >= 0.3 is 0 Å². The van der Waals surface area contributed by atoms with Crippen molar-refractivity contribution in [1.82, 2.24) is 0 Å². The second-order valence-electron chi connectivity index (χ2n) is 6.28. The van der Waals surface area contributed by atoms with Crippen molar-refractivity contribution in [3.63, 3.8) is 0 Å². The van der Waals surface area contributed by atoms with Crippen LogP contribution < -0.4 is 0 Å². The molecule has 2 unspecified atom stereocenters. The van der Waals surface area contributed by atoms with Crippen molar-refractivity contribution in [2.75, 3.05) is 6.61 Å². The van der Waals surface area contributed by atoms with Gasteiger partial charge in [-0.15, -0.1) is 0 Å². The summed E-state index contributed by atoms with van der Waals surface area (Å²) in [5, 5.41) is 19.5. The van der Waals surface area contributed by atoms with Crippen LogP contribution in [0.15, 0.2) is 77.8 Å². The average molecular weight is 407 g/mol. The fraction of sp³-hybridized carbons (Fsp3) is 0.364. The van der Waals surface area contributed by atoms with Gasteiger partial charge in [0.05, 0.1) is 23.7 Å². The van der Waals surface area contributed by atoms with Crippen molar-refractivity contribution in [3.8, 4) is 0 Å². The minimum absolute atomic E-state index is 0.102. The molecule has 0 aliphatic rings. The summed E-state index contributed by atoms with van der Waals surface area (Å²) in [4.78, 5) is 0.102. The molecule has 0 heterocycles. The molecule has 2 atom stereocenters. The lowest BCUT2D eigenvalue weighted by Gasteiger charge is -2.07. The van der Waals surface area contributed by atoms with Gasteiger partial charge in [0, 0.05) is 6.42 Å². The van der Waals surface area contributed by atoms with Gasteiger partial charge in [-0.3, -0.25) is 4.18 Å². The van der Waals surface area contributed by atoms with Gasteiger partial charge in [0.15, 0.2) is 0 Å². The molecule has 0 radical (unpaired) electrons. The fourth-order valence-electron chi connectivity index (χ4n) is 2.14. The number of aliphatic hydroxyl groups excluding tert-OH is 2. The highest BCUT2D eigenvalue weighted by atomic mass is 32.2. The third-order valence-electron chi connectivity index (χ3n) is 3.74. The summed E-state index contributed by atoms with van der Waals surface area (Å²) in [6.07, 6.45) is 14.4. The molecule has 0 bridgehead atoms. The van der Waals surface area contributed by atoms with Crippen LogP contribution in [-0.2, 0) is 14.3 Å². The number of allylic oxidation sites excluding steroid dienone is 5. The van der Waals surface area contributed by atoms with Gasteiger partial charge < -0.3 is 10.2 Å². The summed E-state index contributed by atoms with van der Waals surface area (Å²) < 4.78 is 29.0. The van der Waals surface area contributed by atoms with Crippen molar-refractivity contribution in [2.45, 2.75) is 50.2 Å². The first-order valence-electron chi connectivity index (χ1n) is 9.34. The number of hydrogen-bond donors (Lipinski definition) is 2. The summed E-state index contributed by atoms with van der Waals surface area (Å²) in [6, 6.07) is 6.40. The van der Waals surface area contributed by atoms with E-state index in [1.165, 1.54) is 12.1 Å². The molecule has 0 aliphatic heterocycles. The fourth-order valence-corrected chi connectivity index (χ4v) is 3.06. The van der Waals surface area contributed by atoms with E-state index in [-0.39, 0.29) is 17.9 Å². The molecule has 0 aromatic heterocycles. The Morgan fingerprint density at radius 2 is 1.57 bits per heavy atom. The maximum Gasteiger partial charge on any atom is 0.296 e. The van der Waals surface area contributed by atoms with Gasteiger partial charge in [-0.25, -0.2) is 0 Å². The standard InChI is InChI=1S/C22H30O5S/c1-3-4-7-10-20(23)11-8-5-6-9-12-21(24)17-18-27-28(25,26)22-15-13-19(2)14-16-22/h4-9,11-16,20-21,23-24H,3,10,17-18H2,1-2H3. The molecule has 0 aliphatic carbocycles. The maximum atomic E-state index is 12.0. The molecule has 1 aromatic rings. The second kappa shape index (κ2) is 13.2. The molecule has 0 saturated carbocycles. The van der Waals surface area contributed by atoms with Crippen LogP contribution in [0.1, 0.15) is 31.7 Å². The maximum absolute atomic E-state index is 12.0. The molecule has 0 fully saturated rings. The van der Waals surface area contributed by atoms with Gasteiger partial charge in [0.1, 0.15) is 0 Å². The average Bonchev–Trinajstić information content (AvgIpc) is 2.65. The van der Waals surface area contributed by atoms with Crippen molar-refractivity contribution >= 4 is 10.1 Å². The lowest BCUT2D eigenvalue weighted by molar-refractivity contribution is 0.180. The van der Waals surface area contributed by atoms with E-state index in [9.17, 15) is 18.6 Å². The summed E-state index contributed by atoms with van der Waals surface area (Å²) >= 11 is 0. The van der Waals surface area contributed by atoms with E-state index in [0.29, 0.717) is 6.42 Å². The number of aliphatic hydroxyl groups is 2. The van der Waals surface area contributed by atoms with Crippen molar-refractivity contribution < 1.29 is 22.8 Å². The van der Waals surface area contributed by atoms with Crippen LogP contribution >= 0.6 is 0 Å². The zero-order chi connectivity index (χ0) is 20.8. The molecule has 5 nitrogen and oxygen atoms in total. The van der Waals surface area contributed by atoms with Crippen molar-refractivity contribution in [2.24, 2.45) is 0 Å². The lowest BCUT2D eigenvalue weighted by Crippen LogP contribution is -2.12. The summed E-state index contributed by atoms with van der Waals surface area (Å²) in [6.45, 7) is 3.80. The zero-order valence-corrected chi connectivity index (χ0v) is 17.3. The zero-order valence-electron chi connectivity index (χ0n) is 16.4. The van der Waals surface area contributed by atoms with E-state index in [1.54, 1.807) is 48.6 Å². The van der Waals surface area contributed by atoms with E-state index in [4.69, 9.17) is 4.18 Å². The highest BCUT2D eigenvalue weighted by molar-refractivity contribution is 7.86. The van der Waals surface area contributed by atoms with Crippen LogP contribution in [-0.4, -0.2) is 37.4 Å². The normalized spacial score (nSPS) is 15.3. The number of benzene rings is 1. The first kappa shape index (κ1) is 24.0. The Balaban J connectivity index is 2.33. The third kappa shape index (κ3) is 10.4. The van der Waals surface area contributed by atoms with E-state index in [1.807, 2.05) is 26.0 Å². The summed E-state index contributed by atoms with van der Waals surface area (Å²) in [7, 11) is -3.81.